The molecule has 0 bridgehead atoms. The second kappa shape index (κ2) is 6.34. The maximum Gasteiger partial charge on any atom is -0.0624 e. The fourth-order valence-electron chi connectivity index (χ4n) is 0.438. The quantitative estimate of drug-likeness (QED) is 0.589. The standard InChI is InChI=1S/C6H6N.4ClH.Mo/c7-6-4-2-1-3-5-6;;;;;/h1-5,7H;4*1H;/q-1;;;;;+4/p-4. The van der Waals surface area contributed by atoms with Crippen LogP contribution in [0.15, 0.2) is 30.3 Å². The van der Waals surface area contributed by atoms with E-state index in [1.165, 1.54) is 0 Å². The van der Waals surface area contributed by atoms with E-state index in [0.29, 0.717) is 5.69 Å². The van der Waals surface area contributed by atoms with E-state index in [4.69, 9.17) is 43.4 Å². The number of rotatable bonds is 0. The second-order valence-electron chi connectivity index (χ2n) is 1.72. The molecule has 0 aliphatic carbocycles. The molecule has 1 aromatic carbocycles. The molecule has 0 heterocycles. The Morgan fingerprint density at radius 3 is 1.42 bits per heavy atom. The van der Waals surface area contributed by atoms with Crippen LogP contribution in [0, 0.1) is 0 Å². The molecule has 12 heavy (non-hydrogen) atoms. The first-order valence-corrected chi connectivity index (χ1v) is 13.1. The van der Waals surface area contributed by atoms with Gasteiger partial charge in [0, 0.05) is 0 Å². The van der Waals surface area contributed by atoms with Crippen LogP contribution in [0.3, 0.4) is 0 Å². The maximum absolute atomic E-state index is 7.00. The monoisotopic (exact) mass is 330 g/mol. The summed E-state index contributed by atoms with van der Waals surface area (Å²) in [6.45, 7) is 0. The van der Waals surface area contributed by atoms with Crippen molar-refractivity contribution < 1.29 is 11.9 Å². The Kier molecular flexibility index (Phi) is 6.80. The van der Waals surface area contributed by atoms with Crippen molar-refractivity contribution in [1.29, 1.82) is 0 Å². The van der Waals surface area contributed by atoms with E-state index in [9.17, 15) is 0 Å². The van der Waals surface area contributed by atoms with E-state index in [-0.39, 0.29) is 0 Å². The molecule has 1 aromatic rings. The predicted octanol–water partition coefficient (Wildman–Crippen LogP) is 5.13. The van der Waals surface area contributed by atoms with Crippen LogP contribution in [0.1, 0.15) is 0 Å². The summed E-state index contributed by atoms with van der Waals surface area (Å²) in [5.74, 6) is 0. The average Bonchev–Trinajstić information content (AvgIpc) is 1.85. The Balaban J connectivity index is 0.000000217. The van der Waals surface area contributed by atoms with Crippen molar-refractivity contribution in [3.8, 4) is 0 Å². The topological polar surface area (TPSA) is 23.8 Å². The Morgan fingerprint density at radius 2 is 1.25 bits per heavy atom. The van der Waals surface area contributed by atoms with Gasteiger partial charge in [-0.2, -0.15) is 0 Å². The molecule has 1 rings (SSSR count). The van der Waals surface area contributed by atoms with Crippen molar-refractivity contribution in [2.75, 3.05) is 0 Å². The van der Waals surface area contributed by atoms with Gasteiger partial charge in [0.05, 0.1) is 0 Å². The molecule has 0 spiro atoms. The zero-order valence-corrected chi connectivity index (χ0v) is 10.8. The van der Waals surface area contributed by atoms with Gasteiger partial charge in [-0.25, -0.2) is 0 Å². The summed E-state index contributed by atoms with van der Waals surface area (Å²) >= 11 is -3.13. The van der Waals surface area contributed by atoms with Crippen LogP contribution in [0.4, 0.5) is 5.69 Å². The zero-order chi connectivity index (χ0) is 9.61. The molecule has 0 aliphatic rings. The Hall–Kier alpha value is 0.868. The minimum absolute atomic E-state index is 0.572. The molecule has 0 aliphatic heterocycles. The second-order valence-corrected chi connectivity index (χ2v) is 20.0. The van der Waals surface area contributed by atoms with Gasteiger partial charge < -0.3 is 5.73 Å². The van der Waals surface area contributed by atoms with Crippen LogP contribution in [-0.2, 0) is 11.9 Å². The van der Waals surface area contributed by atoms with Crippen LogP contribution in [0.5, 0.6) is 0 Å². The molecule has 1 N–H and O–H groups in total. The summed E-state index contributed by atoms with van der Waals surface area (Å²) in [7, 11) is 20.1. The largest absolute Gasteiger partial charge is 0.699 e. The third-order valence-corrected chi connectivity index (χ3v) is 0.774. The summed E-state index contributed by atoms with van der Waals surface area (Å²) in [6.07, 6.45) is 0. The zero-order valence-electron chi connectivity index (χ0n) is 5.81. The molecule has 0 aromatic heterocycles. The van der Waals surface area contributed by atoms with E-state index in [1.807, 2.05) is 18.2 Å². The molecular formula is C6H6Cl4MoN-. The minimum atomic E-state index is -3.13. The SMILES string of the molecule is [Cl][Mo]([Cl])([Cl])[Cl].[NH-]c1ccccc1. The summed E-state index contributed by atoms with van der Waals surface area (Å²) in [4.78, 5) is 0. The maximum atomic E-state index is 7.00. The number of hydrogen-bond acceptors (Lipinski definition) is 0. The van der Waals surface area contributed by atoms with Gasteiger partial charge in [0.15, 0.2) is 0 Å². The van der Waals surface area contributed by atoms with Gasteiger partial charge in [-0.15, -0.1) is 5.69 Å². The van der Waals surface area contributed by atoms with Gasteiger partial charge in [0.1, 0.15) is 0 Å². The van der Waals surface area contributed by atoms with Crippen molar-refractivity contribution in [2.24, 2.45) is 0 Å². The molecule has 1 nitrogen and oxygen atoms in total. The first-order chi connectivity index (χ1) is 5.39. The molecule has 0 unspecified atom stereocenters. The summed E-state index contributed by atoms with van der Waals surface area (Å²) < 4.78 is 0. The minimum Gasteiger partial charge on any atom is -0.699 e. The van der Waals surface area contributed by atoms with E-state index in [1.54, 1.807) is 12.1 Å². The molecule has 0 fully saturated rings. The fraction of sp³-hybridized carbons (Fsp3) is 0. The van der Waals surface area contributed by atoms with Crippen molar-refractivity contribution in [3.63, 3.8) is 0 Å². The molecule has 0 amide bonds. The van der Waals surface area contributed by atoms with Crippen LogP contribution in [0.25, 0.3) is 5.73 Å². The average molecular weight is 330 g/mol. The molecule has 0 saturated carbocycles. The van der Waals surface area contributed by atoms with Crippen LogP contribution >= 0.6 is 37.7 Å². The first kappa shape index (κ1) is 12.9. The summed E-state index contributed by atoms with van der Waals surface area (Å²) in [5.41, 5.74) is 7.57. The molecule has 0 radical (unpaired) electrons. The van der Waals surface area contributed by atoms with Crippen molar-refractivity contribution in [1.82, 2.24) is 0 Å². The van der Waals surface area contributed by atoms with Gasteiger partial charge in [0.2, 0.25) is 0 Å². The first-order valence-electron chi connectivity index (χ1n) is 2.78. The molecular weight excluding hydrogens is 324 g/mol. The number of hydrogen-bond donors (Lipinski definition) is 0. The van der Waals surface area contributed by atoms with Gasteiger partial charge in [0.25, 0.3) is 0 Å². The van der Waals surface area contributed by atoms with E-state index in [0.717, 1.165) is 0 Å². The van der Waals surface area contributed by atoms with Crippen LogP contribution < -0.4 is 0 Å². The number of benzene rings is 1. The van der Waals surface area contributed by atoms with Crippen LogP contribution in [-0.4, -0.2) is 0 Å². The molecule has 0 atom stereocenters. The van der Waals surface area contributed by atoms with Crippen molar-refractivity contribution >= 4 is 43.4 Å². The van der Waals surface area contributed by atoms with Crippen molar-refractivity contribution in [3.05, 3.63) is 36.1 Å². The third kappa shape index (κ3) is 13.5. The Labute approximate surface area is 90.6 Å². The van der Waals surface area contributed by atoms with Gasteiger partial charge in [-0.3, -0.25) is 0 Å². The third-order valence-electron chi connectivity index (χ3n) is 0.774. The van der Waals surface area contributed by atoms with E-state index < -0.39 is 11.9 Å². The van der Waals surface area contributed by atoms with E-state index >= 15 is 0 Å². The van der Waals surface area contributed by atoms with Gasteiger partial charge in [-0.05, 0) is 0 Å². The number of halogens is 4. The van der Waals surface area contributed by atoms with Gasteiger partial charge >= 0.3 is 49.6 Å². The van der Waals surface area contributed by atoms with Gasteiger partial charge in [-0.1, -0.05) is 30.3 Å². The normalized spacial score (nSPS) is 11.3. The van der Waals surface area contributed by atoms with Crippen molar-refractivity contribution in [2.45, 2.75) is 0 Å². The summed E-state index contributed by atoms with van der Waals surface area (Å²) in [6, 6.07) is 9.10. The Morgan fingerprint density at radius 1 is 0.917 bits per heavy atom. The molecule has 6 heteroatoms. The number of nitrogens with one attached hydrogen (secondary N) is 1. The fourth-order valence-corrected chi connectivity index (χ4v) is 0.438. The van der Waals surface area contributed by atoms with Crippen LogP contribution in [0.2, 0.25) is 0 Å². The molecule has 70 valence electrons. The van der Waals surface area contributed by atoms with E-state index in [2.05, 4.69) is 0 Å². The summed E-state index contributed by atoms with van der Waals surface area (Å²) in [5, 5.41) is 0. The smallest absolute Gasteiger partial charge is 0.0624 e. The molecule has 0 saturated heterocycles. The Bertz CT molecular complexity index is 205. The predicted molar refractivity (Wildman–Crippen MR) is 53.8 cm³/mol.